The van der Waals surface area contributed by atoms with Crippen molar-refractivity contribution in [2.24, 2.45) is 10.7 Å². The van der Waals surface area contributed by atoms with Gasteiger partial charge in [-0.25, -0.2) is 0 Å². The highest BCUT2D eigenvalue weighted by Gasteiger charge is 2.08. The molecule has 3 heteroatoms. The molecule has 0 heterocycles. The van der Waals surface area contributed by atoms with E-state index in [0.29, 0.717) is 10.7 Å². The fourth-order valence-electron chi connectivity index (χ4n) is 1.33. The van der Waals surface area contributed by atoms with Crippen LogP contribution in [0.15, 0.2) is 40.0 Å². The molecule has 0 saturated carbocycles. The van der Waals surface area contributed by atoms with Crippen LogP contribution >= 0.6 is 11.6 Å². The van der Waals surface area contributed by atoms with Crippen molar-refractivity contribution < 1.29 is 0 Å². The van der Waals surface area contributed by atoms with E-state index in [1.54, 1.807) is 14.0 Å². The Labute approximate surface area is 95.5 Å². The smallest absolute Gasteiger partial charge is 0.0848 e. The summed E-state index contributed by atoms with van der Waals surface area (Å²) >= 11 is 6.09. The highest BCUT2D eigenvalue weighted by molar-refractivity contribution is 6.46. The van der Waals surface area contributed by atoms with Crippen molar-refractivity contribution in [1.29, 1.82) is 0 Å². The number of hydrogen-bond donors (Lipinski definition) is 1. The maximum atomic E-state index is 6.09. The lowest BCUT2D eigenvalue weighted by atomic mass is 10.1. The molecule has 15 heavy (non-hydrogen) atoms. The first kappa shape index (κ1) is 11.8. The fourth-order valence-corrected chi connectivity index (χ4v) is 1.53. The molecule has 1 aromatic carbocycles. The second-order valence-electron chi connectivity index (χ2n) is 3.44. The first-order chi connectivity index (χ1) is 7.06. The molecule has 0 atom stereocenters. The number of hydrogen-bond acceptors (Lipinski definition) is 2. The average Bonchev–Trinajstić information content (AvgIpc) is 2.18. The lowest BCUT2D eigenvalue weighted by Crippen LogP contribution is -2.07. The van der Waals surface area contributed by atoms with Gasteiger partial charge in [-0.2, -0.15) is 0 Å². The summed E-state index contributed by atoms with van der Waals surface area (Å²) in [7, 11) is 1.71. The molecule has 0 aliphatic rings. The molecule has 0 unspecified atom stereocenters. The summed E-state index contributed by atoms with van der Waals surface area (Å²) < 4.78 is 0. The van der Waals surface area contributed by atoms with Gasteiger partial charge < -0.3 is 5.73 Å². The first-order valence-corrected chi connectivity index (χ1v) is 5.10. The Bertz CT molecular complexity index is 415. The Morgan fingerprint density at radius 1 is 1.40 bits per heavy atom. The minimum atomic E-state index is 0.517. The van der Waals surface area contributed by atoms with Crippen LogP contribution in [0.25, 0.3) is 0 Å². The van der Waals surface area contributed by atoms with Gasteiger partial charge in [0.25, 0.3) is 0 Å². The van der Waals surface area contributed by atoms with E-state index in [-0.39, 0.29) is 0 Å². The van der Waals surface area contributed by atoms with Gasteiger partial charge in [0.1, 0.15) is 0 Å². The Morgan fingerprint density at radius 2 is 2.07 bits per heavy atom. The van der Waals surface area contributed by atoms with Gasteiger partial charge in [-0.15, -0.1) is 0 Å². The van der Waals surface area contributed by atoms with E-state index in [1.807, 2.05) is 31.2 Å². The van der Waals surface area contributed by atoms with Crippen LogP contribution in [0.1, 0.15) is 18.1 Å². The number of benzene rings is 1. The molecule has 1 aromatic rings. The summed E-state index contributed by atoms with van der Waals surface area (Å²) in [6.45, 7) is 3.80. The second-order valence-corrected chi connectivity index (χ2v) is 3.82. The molecule has 0 aromatic heterocycles. The molecule has 0 amide bonds. The third-order valence-electron chi connectivity index (χ3n) is 2.07. The average molecular weight is 223 g/mol. The van der Waals surface area contributed by atoms with E-state index in [1.165, 1.54) is 5.56 Å². The van der Waals surface area contributed by atoms with Gasteiger partial charge in [-0.05, 0) is 19.9 Å². The van der Waals surface area contributed by atoms with E-state index in [4.69, 9.17) is 17.3 Å². The van der Waals surface area contributed by atoms with E-state index < -0.39 is 0 Å². The van der Waals surface area contributed by atoms with Gasteiger partial charge in [0, 0.05) is 18.3 Å². The number of halogens is 1. The highest BCUT2D eigenvalue weighted by atomic mass is 35.5. The number of aryl methyl sites for hydroxylation is 1. The van der Waals surface area contributed by atoms with E-state index in [0.717, 1.165) is 11.3 Å². The Hall–Kier alpha value is -1.28. The lowest BCUT2D eigenvalue weighted by molar-refractivity contribution is 1.30. The molecule has 0 bridgehead atoms. The van der Waals surface area contributed by atoms with Gasteiger partial charge in [0.05, 0.1) is 10.7 Å². The van der Waals surface area contributed by atoms with Crippen molar-refractivity contribution in [2.45, 2.75) is 13.8 Å². The number of aliphatic imine (C=N–C) groups is 1. The zero-order chi connectivity index (χ0) is 11.4. The monoisotopic (exact) mass is 222 g/mol. The first-order valence-electron chi connectivity index (χ1n) is 4.72. The van der Waals surface area contributed by atoms with Crippen molar-refractivity contribution in [3.8, 4) is 0 Å². The van der Waals surface area contributed by atoms with Gasteiger partial charge >= 0.3 is 0 Å². The van der Waals surface area contributed by atoms with Gasteiger partial charge in [0.2, 0.25) is 0 Å². The fraction of sp³-hybridized carbons (Fsp3) is 0.250. The van der Waals surface area contributed by atoms with Crippen molar-refractivity contribution in [3.63, 3.8) is 0 Å². The summed E-state index contributed by atoms with van der Waals surface area (Å²) in [5.74, 6) is 0. The number of nitrogens with zero attached hydrogens (tertiary/aromatic N) is 1. The van der Waals surface area contributed by atoms with Crippen LogP contribution in [0, 0.1) is 6.92 Å². The molecule has 1 rings (SSSR count). The standard InChI is InChI=1S/C12H15ClN2/c1-8-5-4-6-10(7-8)12(15-3)11(13)9(2)14/h4-7H,14H2,1-3H3. The predicted octanol–water partition coefficient (Wildman–Crippen LogP) is 2.84. The molecule has 0 radical (unpaired) electrons. The molecule has 80 valence electrons. The number of allylic oxidation sites excluding steroid dienone is 2. The number of nitrogens with two attached hydrogens (primary N) is 1. The third-order valence-corrected chi connectivity index (χ3v) is 2.55. The topological polar surface area (TPSA) is 38.4 Å². The minimum Gasteiger partial charge on any atom is -0.401 e. The maximum Gasteiger partial charge on any atom is 0.0848 e. The van der Waals surface area contributed by atoms with Crippen LogP contribution in [0.2, 0.25) is 0 Å². The van der Waals surface area contributed by atoms with Gasteiger partial charge in [-0.1, -0.05) is 35.4 Å². The molecule has 2 nitrogen and oxygen atoms in total. The zero-order valence-electron chi connectivity index (χ0n) is 9.21. The molecule has 2 N–H and O–H groups in total. The SMILES string of the molecule is CN=C(C(Cl)=C(C)N)c1cccc(C)c1. The Kier molecular flexibility index (Phi) is 3.92. The molecule has 0 aliphatic carbocycles. The van der Waals surface area contributed by atoms with Crippen molar-refractivity contribution in [3.05, 3.63) is 46.1 Å². The van der Waals surface area contributed by atoms with Crippen LogP contribution < -0.4 is 5.73 Å². The van der Waals surface area contributed by atoms with Crippen LogP contribution in [0.3, 0.4) is 0 Å². The zero-order valence-corrected chi connectivity index (χ0v) is 9.97. The minimum absolute atomic E-state index is 0.517. The largest absolute Gasteiger partial charge is 0.401 e. The normalized spacial score (nSPS) is 13.7. The van der Waals surface area contributed by atoms with Gasteiger partial charge in [-0.3, -0.25) is 4.99 Å². The van der Waals surface area contributed by atoms with Crippen LogP contribution in [0.5, 0.6) is 0 Å². The maximum absolute atomic E-state index is 6.09. The van der Waals surface area contributed by atoms with E-state index in [9.17, 15) is 0 Å². The predicted molar refractivity (Wildman–Crippen MR) is 66.4 cm³/mol. The summed E-state index contributed by atoms with van der Waals surface area (Å²) in [4.78, 5) is 4.17. The molecule has 0 spiro atoms. The van der Waals surface area contributed by atoms with E-state index >= 15 is 0 Å². The second kappa shape index (κ2) is 4.99. The summed E-state index contributed by atoms with van der Waals surface area (Å²) in [6.07, 6.45) is 0. The summed E-state index contributed by atoms with van der Waals surface area (Å²) in [5.41, 5.74) is 9.14. The van der Waals surface area contributed by atoms with Crippen molar-refractivity contribution in [1.82, 2.24) is 0 Å². The highest BCUT2D eigenvalue weighted by Crippen LogP contribution is 2.16. The van der Waals surface area contributed by atoms with Crippen molar-refractivity contribution in [2.75, 3.05) is 7.05 Å². The van der Waals surface area contributed by atoms with Crippen LogP contribution in [-0.4, -0.2) is 12.8 Å². The number of rotatable bonds is 2. The molecular formula is C12H15ClN2. The van der Waals surface area contributed by atoms with Crippen LogP contribution in [0.4, 0.5) is 0 Å². The molecular weight excluding hydrogens is 208 g/mol. The summed E-state index contributed by atoms with van der Waals surface area (Å²) in [6, 6.07) is 8.02. The van der Waals surface area contributed by atoms with Gasteiger partial charge in [0.15, 0.2) is 0 Å². The molecule has 0 fully saturated rings. The molecule has 0 saturated heterocycles. The van der Waals surface area contributed by atoms with Crippen molar-refractivity contribution >= 4 is 17.3 Å². The van der Waals surface area contributed by atoms with Crippen LogP contribution in [-0.2, 0) is 0 Å². The molecule has 0 aliphatic heterocycles. The lowest BCUT2D eigenvalue weighted by Gasteiger charge is -2.07. The Morgan fingerprint density at radius 3 is 2.53 bits per heavy atom. The third kappa shape index (κ3) is 2.83. The quantitative estimate of drug-likeness (QED) is 0.768. The summed E-state index contributed by atoms with van der Waals surface area (Å²) in [5, 5.41) is 0.517. The Balaban J connectivity index is 3.22. The van der Waals surface area contributed by atoms with E-state index in [2.05, 4.69) is 4.99 Å².